The Hall–Kier alpha value is -3.13. The minimum atomic E-state index is -0.502. The first-order valence-electron chi connectivity index (χ1n) is 6.93. The van der Waals surface area contributed by atoms with Crippen LogP contribution in [-0.4, -0.2) is 33.3 Å². The SMILES string of the molecule is O=C(CNC(=O)c1cc(Cl)ccn1)Nc1ccc2[nH]c(=O)[nH]c2c1. The Morgan fingerprint density at radius 2 is 1.92 bits per heavy atom. The number of aromatic amines is 2. The van der Waals surface area contributed by atoms with Crippen LogP contribution in [0.5, 0.6) is 0 Å². The summed E-state index contributed by atoms with van der Waals surface area (Å²) in [4.78, 5) is 44.0. The van der Waals surface area contributed by atoms with Gasteiger partial charge in [-0.2, -0.15) is 0 Å². The van der Waals surface area contributed by atoms with Gasteiger partial charge in [0.2, 0.25) is 5.91 Å². The van der Waals surface area contributed by atoms with Crippen LogP contribution in [0.15, 0.2) is 41.3 Å². The van der Waals surface area contributed by atoms with Crippen molar-refractivity contribution in [2.45, 2.75) is 0 Å². The number of carbonyl (C=O) groups is 2. The van der Waals surface area contributed by atoms with E-state index in [1.165, 1.54) is 12.3 Å². The molecule has 0 bridgehead atoms. The van der Waals surface area contributed by atoms with Crippen LogP contribution in [-0.2, 0) is 4.79 Å². The van der Waals surface area contributed by atoms with Crippen LogP contribution >= 0.6 is 11.6 Å². The second-order valence-electron chi connectivity index (χ2n) is 4.93. The zero-order chi connectivity index (χ0) is 17.1. The lowest BCUT2D eigenvalue weighted by Crippen LogP contribution is -2.33. The van der Waals surface area contributed by atoms with Gasteiger partial charge in [0.15, 0.2) is 0 Å². The minimum Gasteiger partial charge on any atom is -0.342 e. The van der Waals surface area contributed by atoms with Crippen molar-refractivity contribution in [3.05, 3.63) is 57.7 Å². The van der Waals surface area contributed by atoms with Gasteiger partial charge in [0.1, 0.15) is 5.69 Å². The van der Waals surface area contributed by atoms with Gasteiger partial charge < -0.3 is 20.6 Å². The van der Waals surface area contributed by atoms with Gasteiger partial charge in [0.25, 0.3) is 5.91 Å². The zero-order valence-electron chi connectivity index (χ0n) is 12.2. The van der Waals surface area contributed by atoms with E-state index in [4.69, 9.17) is 11.6 Å². The lowest BCUT2D eigenvalue weighted by atomic mass is 10.2. The molecule has 3 aromatic rings. The summed E-state index contributed by atoms with van der Waals surface area (Å²) in [5.74, 6) is -0.916. The van der Waals surface area contributed by atoms with E-state index in [9.17, 15) is 14.4 Å². The number of hydrogen-bond acceptors (Lipinski definition) is 4. The molecule has 0 saturated carbocycles. The standard InChI is InChI=1S/C15H12ClN5O3/c16-8-3-4-17-12(5-8)14(23)18-7-13(22)19-9-1-2-10-11(6-9)21-15(24)20-10/h1-6H,7H2,(H,18,23)(H,19,22)(H2,20,21,24). The van der Waals surface area contributed by atoms with E-state index in [0.29, 0.717) is 21.7 Å². The number of H-pyrrole nitrogens is 2. The van der Waals surface area contributed by atoms with E-state index < -0.39 is 11.8 Å². The second kappa shape index (κ2) is 6.55. The third-order valence-electron chi connectivity index (χ3n) is 3.16. The Morgan fingerprint density at radius 3 is 2.71 bits per heavy atom. The zero-order valence-corrected chi connectivity index (χ0v) is 13.0. The molecule has 0 aliphatic heterocycles. The maximum atomic E-state index is 11.9. The highest BCUT2D eigenvalue weighted by Gasteiger charge is 2.10. The largest absolute Gasteiger partial charge is 0.342 e. The topological polar surface area (TPSA) is 120 Å². The molecule has 8 nitrogen and oxygen atoms in total. The number of fused-ring (bicyclic) bond motifs is 1. The van der Waals surface area contributed by atoms with E-state index in [2.05, 4.69) is 25.6 Å². The lowest BCUT2D eigenvalue weighted by molar-refractivity contribution is -0.115. The fourth-order valence-corrected chi connectivity index (χ4v) is 2.26. The first-order chi connectivity index (χ1) is 11.5. The Kier molecular flexibility index (Phi) is 4.30. The summed E-state index contributed by atoms with van der Waals surface area (Å²) in [6, 6.07) is 7.88. The molecule has 0 spiro atoms. The number of halogens is 1. The van der Waals surface area contributed by atoms with Crippen molar-refractivity contribution in [1.82, 2.24) is 20.3 Å². The Labute approximate surface area is 140 Å². The van der Waals surface area contributed by atoms with E-state index in [0.717, 1.165) is 0 Å². The van der Waals surface area contributed by atoms with Crippen LogP contribution in [0.4, 0.5) is 5.69 Å². The van der Waals surface area contributed by atoms with Gasteiger partial charge >= 0.3 is 5.69 Å². The monoisotopic (exact) mass is 345 g/mol. The fraction of sp³-hybridized carbons (Fsp3) is 0.0667. The number of amides is 2. The Balaban J connectivity index is 1.60. The van der Waals surface area contributed by atoms with Crippen molar-refractivity contribution in [1.29, 1.82) is 0 Å². The van der Waals surface area contributed by atoms with Gasteiger partial charge in [0, 0.05) is 16.9 Å². The molecule has 2 aromatic heterocycles. The first kappa shape index (κ1) is 15.8. The second-order valence-corrected chi connectivity index (χ2v) is 5.37. The molecule has 2 heterocycles. The summed E-state index contributed by atoms with van der Waals surface area (Å²) < 4.78 is 0. The van der Waals surface area contributed by atoms with E-state index in [-0.39, 0.29) is 17.9 Å². The van der Waals surface area contributed by atoms with E-state index in [1.807, 2.05) is 0 Å². The molecule has 0 saturated heterocycles. The number of nitrogens with zero attached hydrogens (tertiary/aromatic N) is 1. The number of aromatic nitrogens is 3. The highest BCUT2D eigenvalue weighted by atomic mass is 35.5. The summed E-state index contributed by atoms with van der Waals surface area (Å²) in [7, 11) is 0. The number of benzene rings is 1. The average Bonchev–Trinajstić information content (AvgIpc) is 2.92. The van der Waals surface area contributed by atoms with Gasteiger partial charge in [-0.1, -0.05) is 11.6 Å². The van der Waals surface area contributed by atoms with Crippen molar-refractivity contribution in [3.63, 3.8) is 0 Å². The molecule has 4 N–H and O–H groups in total. The van der Waals surface area contributed by atoms with Crippen LogP contribution in [0.25, 0.3) is 11.0 Å². The molecule has 0 unspecified atom stereocenters. The molecular formula is C15H12ClN5O3. The minimum absolute atomic E-state index is 0.126. The maximum Gasteiger partial charge on any atom is 0.323 e. The molecular weight excluding hydrogens is 334 g/mol. The van der Waals surface area contributed by atoms with Gasteiger partial charge in [-0.05, 0) is 30.3 Å². The first-order valence-corrected chi connectivity index (χ1v) is 7.31. The smallest absolute Gasteiger partial charge is 0.323 e. The molecule has 122 valence electrons. The quantitative estimate of drug-likeness (QED) is 0.569. The van der Waals surface area contributed by atoms with Crippen molar-refractivity contribution in [2.75, 3.05) is 11.9 Å². The van der Waals surface area contributed by atoms with Crippen LogP contribution in [0.1, 0.15) is 10.5 Å². The van der Waals surface area contributed by atoms with Gasteiger partial charge in [-0.25, -0.2) is 4.79 Å². The molecule has 0 aliphatic rings. The molecule has 0 fully saturated rings. The van der Waals surface area contributed by atoms with Crippen LogP contribution in [0.2, 0.25) is 5.02 Å². The summed E-state index contributed by atoms with van der Waals surface area (Å²) in [6.07, 6.45) is 1.41. The lowest BCUT2D eigenvalue weighted by Gasteiger charge is -2.07. The molecule has 24 heavy (non-hydrogen) atoms. The number of carbonyl (C=O) groups excluding carboxylic acids is 2. The number of pyridine rings is 1. The highest BCUT2D eigenvalue weighted by molar-refractivity contribution is 6.30. The number of nitrogens with one attached hydrogen (secondary N) is 4. The summed E-state index contributed by atoms with van der Waals surface area (Å²) in [6.45, 7) is -0.227. The average molecular weight is 346 g/mol. The maximum absolute atomic E-state index is 11.9. The predicted molar refractivity (Wildman–Crippen MR) is 89.1 cm³/mol. The third kappa shape index (κ3) is 3.61. The van der Waals surface area contributed by atoms with Crippen molar-refractivity contribution >= 4 is 40.1 Å². The van der Waals surface area contributed by atoms with E-state index in [1.54, 1.807) is 24.3 Å². The molecule has 9 heteroatoms. The molecule has 2 amide bonds. The molecule has 0 atom stereocenters. The van der Waals surface area contributed by atoms with Crippen LogP contribution < -0.4 is 16.3 Å². The highest BCUT2D eigenvalue weighted by Crippen LogP contribution is 2.14. The Bertz CT molecular complexity index is 978. The van der Waals surface area contributed by atoms with Gasteiger partial charge in [-0.3, -0.25) is 14.6 Å². The van der Waals surface area contributed by atoms with Gasteiger partial charge in [0.05, 0.1) is 17.6 Å². The van der Waals surface area contributed by atoms with Crippen LogP contribution in [0.3, 0.4) is 0 Å². The fourth-order valence-electron chi connectivity index (χ4n) is 2.10. The molecule has 0 radical (unpaired) electrons. The molecule has 1 aromatic carbocycles. The van der Waals surface area contributed by atoms with Crippen LogP contribution in [0, 0.1) is 0 Å². The third-order valence-corrected chi connectivity index (χ3v) is 3.40. The molecule has 0 aliphatic carbocycles. The molecule has 3 rings (SSSR count). The van der Waals surface area contributed by atoms with Crippen molar-refractivity contribution < 1.29 is 9.59 Å². The summed E-state index contributed by atoms with van der Waals surface area (Å²) in [5.41, 5.74) is 1.51. The van der Waals surface area contributed by atoms with Crippen molar-refractivity contribution in [2.24, 2.45) is 0 Å². The number of rotatable bonds is 4. The Morgan fingerprint density at radius 1 is 1.12 bits per heavy atom. The predicted octanol–water partition coefficient (Wildman–Crippen LogP) is 1.27. The summed E-state index contributed by atoms with van der Waals surface area (Å²) in [5, 5.41) is 5.46. The number of imidazole rings is 1. The number of anilines is 1. The number of hydrogen-bond donors (Lipinski definition) is 4. The van der Waals surface area contributed by atoms with Gasteiger partial charge in [-0.15, -0.1) is 0 Å². The van der Waals surface area contributed by atoms with Crippen molar-refractivity contribution in [3.8, 4) is 0 Å². The normalized spacial score (nSPS) is 10.5. The summed E-state index contributed by atoms with van der Waals surface area (Å²) >= 11 is 5.78. The van der Waals surface area contributed by atoms with E-state index >= 15 is 0 Å².